The van der Waals surface area contributed by atoms with Gasteiger partial charge in [-0.25, -0.2) is 0 Å². The van der Waals surface area contributed by atoms with Gasteiger partial charge in [0.05, 0.1) is 0 Å². The standard InChI is InChI=1S/C6H12O2Si/c1-4-8-9-6(7)5(2)3/h2,4,9H2,1,3H3. The summed E-state index contributed by atoms with van der Waals surface area (Å²) in [4.78, 5) is 10.7. The molecule has 0 rings (SSSR count). The maximum absolute atomic E-state index is 10.7. The van der Waals surface area contributed by atoms with Crippen LogP contribution in [0.3, 0.4) is 0 Å². The molecule has 0 aromatic carbocycles. The smallest absolute Gasteiger partial charge is 0.240 e. The number of hydrogen-bond donors (Lipinski definition) is 0. The van der Waals surface area contributed by atoms with Gasteiger partial charge in [0.25, 0.3) is 0 Å². The molecule has 0 fully saturated rings. The SMILES string of the molecule is C=C(C)C(=O)[SiH2]OCC. The van der Waals surface area contributed by atoms with Crippen molar-refractivity contribution in [3.63, 3.8) is 0 Å². The van der Waals surface area contributed by atoms with Gasteiger partial charge in [0.15, 0.2) is 5.41 Å². The topological polar surface area (TPSA) is 26.3 Å². The summed E-state index contributed by atoms with van der Waals surface area (Å²) in [5.74, 6) is 0. The average molecular weight is 144 g/mol. The predicted molar refractivity (Wildman–Crippen MR) is 40.0 cm³/mol. The molecule has 0 amide bonds. The molecular formula is C6H12O2Si. The zero-order valence-electron chi connectivity index (χ0n) is 5.94. The van der Waals surface area contributed by atoms with Crippen LogP contribution in [-0.4, -0.2) is 21.8 Å². The molecular weight excluding hydrogens is 132 g/mol. The van der Waals surface area contributed by atoms with Crippen LogP contribution in [0.4, 0.5) is 0 Å². The van der Waals surface area contributed by atoms with E-state index < -0.39 is 9.76 Å². The van der Waals surface area contributed by atoms with Crippen LogP contribution in [0, 0.1) is 0 Å². The normalized spacial score (nSPS) is 10.4. The molecule has 2 nitrogen and oxygen atoms in total. The van der Waals surface area contributed by atoms with Crippen LogP contribution in [0.25, 0.3) is 0 Å². The number of allylic oxidation sites excluding steroid dienone is 1. The monoisotopic (exact) mass is 144 g/mol. The third-order valence-corrected chi connectivity index (χ3v) is 2.39. The van der Waals surface area contributed by atoms with Gasteiger partial charge in [-0.3, -0.25) is 4.79 Å². The van der Waals surface area contributed by atoms with Crippen LogP contribution in [0.15, 0.2) is 12.2 Å². The van der Waals surface area contributed by atoms with E-state index in [0.29, 0.717) is 12.2 Å². The van der Waals surface area contributed by atoms with E-state index >= 15 is 0 Å². The minimum atomic E-state index is -0.950. The van der Waals surface area contributed by atoms with Crippen LogP contribution in [0.1, 0.15) is 13.8 Å². The molecule has 0 aliphatic heterocycles. The van der Waals surface area contributed by atoms with Gasteiger partial charge < -0.3 is 4.43 Å². The van der Waals surface area contributed by atoms with Crippen molar-refractivity contribution in [2.75, 3.05) is 6.61 Å². The van der Waals surface area contributed by atoms with Gasteiger partial charge in [-0.2, -0.15) is 0 Å². The third kappa shape index (κ3) is 4.11. The van der Waals surface area contributed by atoms with E-state index in [1.165, 1.54) is 0 Å². The Bertz CT molecular complexity index is 120. The minimum absolute atomic E-state index is 0.122. The van der Waals surface area contributed by atoms with E-state index in [9.17, 15) is 4.79 Å². The zero-order valence-corrected chi connectivity index (χ0v) is 7.35. The first kappa shape index (κ1) is 8.59. The van der Waals surface area contributed by atoms with Crippen molar-refractivity contribution in [3.05, 3.63) is 12.2 Å². The summed E-state index contributed by atoms with van der Waals surface area (Å²) in [6, 6.07) is 0. The summed E-state index contributed by atoms with van der Waals surface area (Å²) >= 11 is 0. The molecule has 0 atom stereocenters. The average Bonchev–Trinajstić information content (AvgIpc) is 1.82. The minimum Gasteiger partial charge on any atom is -0.415 e. The van der Waals surface area contributed by atoms with Gasteiger partial charge in [0.2, 0.25) is 9.76 Å². The molecule has 52 valence electrons. The molecule has 0 aromatic heterocycles. The fourth-order valence-corrected chi connectivity index (χ4v) is 0.954. The number of rotatable bonds is 4. The van der Waals surface area contributed by atoms with E-state index in [0.717, 1.165) is 0 Å². The molecule has 0 saturated carbocycles. The second-order valence-electron chi connectivity index (χ2n) is 1.84. The zero-order chi connectivity index (χ0) is 7.28. The van der Waals surface area contributed by atoms with Crippen LogP contribution in [-0.2, 0) is 9.22 Å². The first-order valence-electron chi connectivity index (χ1n) is 2.95. The molecule has 0 aromatic rings. The molecule has 3 heteroatoms. The fraction of sp³-hybridized carbons (Fsp3) is 0.500. The van der Waals surface area contributed by atoms with Gasteiger partial charge in [-0.1, -0.05) is 6.58 Å². The number of carbonyl (C=O) groups is 1. The number of hydrogen-bond acceptors (Lipinski definition) is 2. The van der Waals surface area contributed by atoms with E-state index in [-0.39, 0.29) is 5.41 Å². The molecule has 0 spiro atoms. The van der Waals surface area contributed by atoms with Crippen molar-refractivity contribution in [1.82, 2.24) is 0 Å². The van der Waals surface area contributed by atoms with Crippen molar-refractivity contribution in [2.24, 2.45) is 0 Å². The second-order valence-corrected chi connectivity index (χ2v) is 3.18. The van der Waals surface area contributed by atoms with Crippen LogP contribution in [0.5, 0.6) is 0 Å². The van der Waals surface area contributed by atoms with Crippen molar-refractivity contribution < 1.29 is 9.22 Å². The van der Waals surface area contributed by atoms with Gasteiger partial charge in [-0.05, 0) is 19.4 Å². The Balaban J connectivity index is 3.39. The maximum Gasteiger partial charge on any atom is 0.240 e. The lowest BCUT2D eigenvalue weighted by atomic mass is 10.4. The van der Waals surface area contributed by atoms with Crippen molar-refractivity contribution >= 4 is 15.2 Å². The highest BCUT2D eigenvalue weighted by Crippen LogP contribution is 1.87. The quantitative estimate of drug-likeness (QED) is 0.416. The summed E-state index contributed by atoms with van der Waals surface area (Å²) in [6.07, 6.45) is 0. The molecule has 0 aliphatic carbocycles. The highest BCUT2D eigenvalue weighted by molar-refractivity contribution is 6.72. The number of carbonyl (C=O) groups excluding carboxylic acids is 1. The van der Waals surface area contributed by atoms with E-state index in [1.807, 2.05) is 6.92 Å². The molecule has 0 heterocycles. The Morgan fingerprint density at radius 2 is 2.33 bits per heavy atom. The molecule has 0 aliphatic rings. The van der Waals surface area contributed by atoms with Crippen LogP contribution in [0.2, 0.25) is 0 Å². The molecule has 0 bridgehead atoms. The predicted octanol–water partition coefficient (Wildman–Crippen LogP) is 0.209. The summed E-state index contributed by atoms with van der Waals surface area (Å²) in [5.41, 5.74) is 0.620. The Morgan fingerprint density at radius 1 is 1.78 bits per heavy atom. The lowest BCUT2D eigenvalue weighted by molar-refractivity contribution is -0.109. The first-order chi connectivity index (χ1) is 4.18. The lowest BCUT2D eigenvalue weighted by Crippen LogP contribution is -2.13. The van der Waals surface area contributed by atoms with Gasteiger partial charge in [-0.15, -0.1) is 0 Å². The van der Waals surface area contributed by atoms with E-state index in [2.05, 4.69) is 6.58 Å². The molecule has 0 unspecified atom stereocenters. The van der Waals surface area contributed by atoms with Crippen molar-refractivity contribution in [1.29, 1.82) is 0 Å². The fourth-order valence-electron chi connectivity index (χ4n) is 0.318. The molecule has 0 saturated heterocycles. The lowest BCUT2D eigenvalue weighted by Gasteiger charge is -1.96. The summed E-state index contributed by atoms with van der Waals surface area (Å²) < 4.78 is 4.99. The highest BCUT2D eigenvalue weighted by atomic mass is 28.2. The van der Waals surface area contributed by atoms with Crippen molar-refractivity contribution in [2.45, 2.75) is 13.8 Å². The van der Waals surface area contributed by atoms with Crippen LogP contribution < -0.4 is 0 Å². The summed E-state index contributed by atoms with van der Waals surface area (Å²) in [6.45, 7) is 7.76. The second kappa shape index (κ2) is 4.46. The maximum atomic E-state index is 10.7. The Morgan fingerprint density at radius 3 is 2.67 bits per heavy atom. The van der Waals surface area contributed by atoms with Gasteiger partial charge in [0, 0.05) is 6.61 Å². The van der Waals surface area contributed by atoms with E-state index in [1.54, 1.807) is 6.92 Å². The van der Waals surface area contributed by atoms with E-state index in [4.69, 9.17) is 4.43 Å². The Labute approximate surface area is 57.8 Å². The molecule has 9 heavy (non-hydrogen) atoms. The Hall–Kier alpha value is -0.413. The van der Waals surface area contributed by atoms with Crippen molar-refractivity contribution in [3.8, 4) is 0 Å². The van der Waals surface area contributed by atoms with Gasteiger partial charge in [0.1, 0.15) is 0 Å². The van der Waals surface area contributed by atoms with Gasteiger partial charge >= 0.3 is 0 Å². The highest BCUT2D eigenvalue weighted by Gasteiger charge is 2.00. The summed E-state index contributed by atoms with van der Waals surface area (Å²) in [5, 5.41) is 0.122. The Kier molecular flexibility index (Phi) is 4.26. The van der Waals surface area contributed by atoms with Crippen LogP contribution >= 0.6 is 0 Å². The third-order valence-electron chi connectivity index (χ3n) is 0.913. The largest absolute Gasteiger partial charge is 0.415 e. The molecule has 0 radical (unpaired) electrons. The first-order valence-corrected chi connectivity index (χ1v) is 4.23. The molecule has 0 N–H and O–H groups in total. The summed E-state index contributed by atoms with van der Waals surface area (Å²) in [7, 11) is -0.950.